The maximum Gasteiger partial charge on any atom is 0.0950 e. The number of hydrogen-bond donors (Lipinski definition) is 0. The Labute approximate surface area is 113 Å². The van der Waals surface area contributed by atoms with Gasteiger partial charge in [0.25, 0.3) is 0 Å². The van der Waals surface area contributed by atoms with Crippen LogP contribution in [0.2, 0.25) is 16.6 Å². The third-order valence-electron chi connectivity index (χ3n) is 4.90. The van der Waals surface area contributed by atoms with Gasteiger partial charge in [0.05, 0.1) is 8.07 Å². The average Bonchev–Trinajstić information content (AvgIpc) is 2.80. The first-order chi connectivity index (χ1) is 8.42. The van der Waals surface area contributed by atoms with Crippen LogP contribution in [0.3, 0.4) is 0 Å². The molecule has 2 rings (SSSR count). The molecule has 0 aromatic heterocycles. The summed E-state index contributed by atoms with van der Waals surface area (Å²) in [7, 11) is -1.48. The first-order valence-electron chi connectivity index (χ1n) is 7.23. The number of fused-ring (bicyclic) bond motifs is 1. The van der Waals surface area contributed by atoms with Crippen LogP contribution in [0, 0.1) is 0 Å². The van der Waals surface area contributed by atoms with Gasteiger partial charge in [-0.15, -0.1) is 0 Å². The molecule has 2 aliphatic rings. The van der Waals surface area contributed by atoms with Crippen molar-refractivity contribution in [3.05, 3.63) is 46.7 Å². The minimum atomic E-state index is -1.48. The lowest BCUT2D eigenvalue weighted by Crippen LogP contribution is -2.46. The highest BCUT2D eigenvalue weighted by atomic mass is 28.3. The summed E-state index contributed by atoms with van der Waals surface area (Å²) in [5.74, 6) is 0. The van der Waals surface area contributed by atoms with Crippen LogP contribution >= 0.6 is 0 Å². The van der Waals surface area contributed by atoms with Crippen molar-refractivity contribution in [2.45, 2.75) is 58.2 Å². The Morgan fingerprint density at radius 1 is 0.778 bits per heavy atom. The molecule has 0 aromatic rings. The summed E-state index contributed by atoms with van der Waals surface area (Å²) < 4.78 is 0. The zero-order chi connectivity index (χ0) is 13.5. The van der Waals surface area contributed by atoms with Crippen LogP contribution in [0.25, 0.3) is 0 Å². The van der Waals surface area contributed by atoms with Crippen molar-refractivity contribution in [3.8, 4) is 0 Å². The third-order valence-corrected chi connectivity index (χ3v) is 12.0. The van der Waals surface area contributed by atoms with Gasteiger partial charge in [-0.25, -0.2) is 0 Å². The Hall–Kier alpha value is -0.823. The molecule has 0 saturated heterocycles. The van der Waals surface area contributed by atoms with Crippen molar-refractivity contribution in [1.82, 2.24) is 0 Å². The SMILES string of the molecule is CC(C)[Si](C1=C2C=CC=C2C=C1)(C(C)C)C(C)C. The Kier molecular flexibility index (Phi) is 3.55. The molecule has 0 unspecified atom stereocenters. The summed E-state index contributed by atoms with van der Waals surface area (Å²) >= 11 is 0. The highest BCUT2D eigenvalue weighted by molar-refractivity contribution is 6.90. The monoisotopic (exact) mass is 258 g/mol. The lowest BCUT2D eigenvalue weighted by molar-refractivity contribution is 0.827. The lowest BCUT2D eigenvalue weighted by Gasteiger charge is -2.44. The molecular formula is C17H26Si. The van der Waals surface area contributed by atoms with Gasteiger partial charge in [-0.05, 0) is 27.8 Å². The molecule has 0 nitrogen and oxygen atoms in total. The zero-order valence-corrected chi connectivity index (χ0v) is 13.6. The fourth-order valence-electron chi connectivity index (χ4n) is 4.40. The van der Waals surface area contributed by atoms with Crippen LogP contribution in [-0.2, 0) is 0 Å². The molecule has 0 aliphatic heterocycles. The molecule has 1 heteroatoms. The maximum atomic E-state index is 2.44. The molecule has 0 N–H and O–H groups in total. The van der Waals surface area contributed by atoms with Crippen molar-refractivity contribution in [1.29, 1.82) is 0 Å². The summed E-state index contributed by atoms with van der Waals surface area (Å²) in [6, 6.07) is 0. The highest BCUT2D eigenvalue weighted by Crippen LogP contribution is 2.50. The summed E-state index contributed by atoms with van der Waals surface area (Å²) in [6.07, 6.45) is 11.5. The zero-order valence-electron chi connectivity index (χ0n) is 12.6. The van der Waals surface area contributed by atoms with E-state index in [1.54, 1.807) is 5.20 Å². The standard InChI is InChI=1S/C17H26Si/c1-12(2)18(13(3)4,14(5)6)17-11-10-15-8-7-9-16(15)17/h7-14H,1-6H3. The van der Waals surface area contributed by atoms with Crippen LogP contribution < -0.4 is 0 Å². The smallest absolute Gasteiger partial charge is 0.0648 e. The van der Waals surface area contributed by atoms with Gasteiger partial charge in [0.15, 0.2) is 0 Å². The molecule has 2 aliphatic carbocycles. The van der Waals surface area contributed by atoms with E-state index in [2.05, 4.69) is 71.9 Å². The number of hydrogen-bond acceptors (Lipinski definition) is 0. The van der Waals surface area contributed by atoms with E-state index in [9.17, 15) is 0 Å². The molecule has 0 heterocycles. The molecule has 18 heavy (non-hydrogen) atoms. The summed E-state index contributed by atoms with van der Waals surface area (Å²) in [5.41, 5.74) is 5.33. The van der Waals surface area contributed by atoms with Gasteiger partial charge in [-0.3, -0.25) is 0 Å². The van der Waals surface area contributed by atoms with Crippen LogP contribution in [0.4, 0.5) is 0 Å². The Morgan fingerprint density at radius 2 is 1.33 bits per heavy atom. The van der Waals surface area contributed by atoms with Crippen molar-refractivity contribution in [2.24, 2.45) is 0 Å². The van der Waals surface area contributed by atoms with E-state index in [4.69, 9.17) is 0 Å². The largest absolute Gasteiger partial charge is 0.0950 e. The third kappa shape index (κ3) is 1.71. The predicted octanol–water partition coefficient (Wildman–Crippen LogP) is 5.57. The summed E-state index contributed by atoms with van der Waals surface area (Å²) in [6.45, 7) is 14.6. The second-order valence-corrected chi connectivity index (χ2v) is 12.4. The minimum absolute atomic E-state index is 0.790. The van der Waals surface area contributed by atoms with E-state index in [-0.39, 0.29) is 0 Å². The molecule has 0 bridgehead atoms. The molecule has 0 radical (unpaired) electrons. The Morgan fingerprint density at radius 3 is 1.83 bits per heavy atom. The quantitative estimate of drug-likeness (QED) is 0.578. The van der Waals surface area contributed by atoms with Gasteiger partial charge >= 0.3 is 0 Å². The van der Waals surface area contributed by atoms with Gasteiger partial charge in [-0.1, -0.05) is 77.1 Å². The molecular weight excluding hydrogens is 232 g/mol. The average molecular weight is 258 g/mol. The second kappa shape index (κ2) is 4.69. The van der Waals surface area contributed by atoms with Gasteiger partial charge in [-0.2, -0.15) is 0 Å². The van der Waals surface area contributed by atoms with Gasteiger partial charge < -0.3 is 0 Å². The van der Waals surface area contributed by atoms with Crippen LogP contribution in [0.5, 0.6) is 0 Å². The molecule has 98 valence electrons. The topological polar surface area (TPSA) is 0 Å². The number of allylic oxidation sites excluding steroid dienone is 8. The Bertz CT molecular complexity index is 434. The first kappa shape index (κ1) is 13.6. The van der Waals surface area contributed by atoms with Crippen LogP contribution in [0.1, 0.15) is 41.5 Å². The Balaban J connectivity index is 2.62. The van der Waals surface area contributed by atoms with Gasteiger partial charge in [0, 0.05) is 0 Å². The van der Waals surface area contributed by atoms with Crippen LogP contribution in [0.15, 0.2) is 46.7 Å². The number of rotatable bonds is 4. The van der Waals surface area contributed by atoms with Gasteiger partial charge in [0.1, 0.15) is 0 Å². The van der Waals surface area contributed by atoms with E-state index in [0.717, 1.165) is 16.6 Å². The molecule has 0 atom stereocenters. The van der Waals surface area contributed by atoms with Crippen LogP contribution in [-0.4, -0.2) is 8.07 Å². The van der Waals surface area contributed by atoms with E-state index >= 15 is 0 Å². The molecule has 0 fully saturated rings. The molecule has 0 aromatic carbocycles. The fraction of sp³-hybridized carbons (Fsp3) is 0.529. The predicted molar refractivity (Wildman–Crippen MR) is 84.4 cm³/mol. The second-order valence-electron chi connectivity index (χ2n) is 6.54. The van der Waals surface area contributed by atoms with Gasteiger partial charge in [0.2, 0.25) is 0 Å². The molecule has 0 saturated carbocycles. The first-order valence-corrected chi connectivity index (χ1v) is 9.47. The fourth-order valence-corrected chi connectivity index (χ4v) is 11.3. The maximum absolute atomic E-state index is 2.44. The van der Waals surface area contributed by atoms with E-state index in [0.29, 0.717) is 0 Å². The minimum Gasteiger partial charge on any atom is -0.0648 e. The lowest BCUT2D eigenvalue weighted by atomic mass is 10.2. The van der Waals surface area contributed by atoms with Crippen molar-refractivity contribution in [3.63, 3.8) is 0 Å². The summed E-state index contributed by atoms with van der Waals surface area (Å²) in [4.78, 5) is 0. The van der Waals surface area contributed by atoms with Crippen molar-refractivity contribution >= 4 is 8.07 Å². The van der Waals surface area contributed by atoms with E-state index in [1.807, 2.05) is 0 Å². The summed E-state index contributed by atoms with van der Waals surface area (Å²) in [5, 5.41) is 1.70. The van der Waals surface area contributed by atoms with Crippen molar-refractivity contribution < 1.29 is 0 Å². The van der Waals surface area contributed by atoms with E-state index in [1.165, 1.54) is 11.1 Å². The highest BCUT2D eigenvalue weighted by Gasteiger charge is 2.47. The van der Waals surface area contributed by atoms with Crippen molar-refractivity contribution in [2.75, 3.05) is 0 Å². The normalized spacial score (nSPS) is 18.6. The molecule has 0 spiro atoms. The molecule has 0 amide bonds. The van der Waals surface area contributed by atoms with E-state index < -0.39 is 8.07 Å².